The molecule has 0 aliphatic heterocycles. The Balaban J connectivity index is 1.48. The summed E-state index contributed by atoms with van der Waals surface area (Å²) in [5.41, 5.74) is 1.88. The molecule has 4 nitrogen and oxygen atoms in total. The lowest BCUT2D eigenvalue weighted by Gasteiger charge is -2.11. The van der Waals surface area contributed by atoms with E-state index >= 15 is 0 Å². The first kappa shape index (κ1) is 19.1. The largest absolute Gasteiger partial charge is 0.347 e. The average Bonchev–Trinajstić information content (AvgIpc) is 3.14. The van der Waals surface area contributed by atoms with Gasteiger partial charge in [0, 0.05) is 44.9 Å². The second-order valence-corrected chi connectivity index (χ2v) is 8.63. The van der Waals surface area contributed by atoms with Gasteiger partial charge in [0.2, 0.25) is 5.91 Å². The monoisotopic (exact) mass is 447 g/mol. The number of pyridine rings is 1. The van der Waals surface area contributed by atoms with Crippen molar-refractivity contribution in [1.29, 1.82) is 0 Å². The summed E-state index contributed by atoms with van der Waals surface area (Å²) in [5.74, 6) is 0.791. The van der Waals surface area contributed by atoms with Crippen LogP contribution in [0.2, 0.25) is 0 Å². The maximum absolute atomic E-state index is 12.2. The molecule has 0 spiro atoms. The van der Waals surface area contributed by atoms with Crippen molar-refractivity contribution >= 4 is 44.9 Å². The van der Waals surface area contributed by atoms with Crippen molar-refractivity contribution in [2.24, 2.45) is 0 Å². The van der Waals surface area contributed by atoms with E-state index in [2.05, 4.69) is 31.2 Å². The summed E-state index contributed by atoms with van der Waals surface area (Å²) in [6.07, 6.45) is 4.01. The molecule has 1 amide bonds. The molecule has 0 aliphatic rings. The van der Waals surface area contributed by atoms with Gasteiger partial charge in [0.05, 0.1) is 11.7 Å². The molecule has 1 aromatic carbocycles. The number of thiazole rings is 1. The summed E-state index contributed by atoms with van der Waals surface area (Å²) in [5, 5.41) is 5.93. The summed E-state index contributed by atoms with van der Waals surface area (Å²) in [7, 11) is 0. The van der Waals surface area contributed by atoms with Gasteiger partial charge in [-0.15, -0.1) is 23.1 Å². The molecule has 0 aliphatic carbocycles. The van der Waals surface area contributed by atoms with Gasteiger partial charge in [-0.25, -0.2) is 4.98 Å². The van der Waals surface area contributed by atoms with E-state index < -0.39 is 0 Å². The zero-order valence-corrected chi connectivity index (χ0v) is 17.4. The SMILES string of the molecule is CC(NC(=O)CCSc1ccc(Br)cc1)c1nc(-c2cccnc2)cs1. The molecule has 0 saturated heterocycles. The first-order valence-electron chi connectivity index (χ1n) is 8.15. The van der Waals surface area contributed by atoms with Crippen molar-refractivity contribution in [3.63, 3.8) is 0 Å². The van der Waals surface area contributed by atoms with Crippen LogP contribution in [0.4, 0.5) is 0 Å². The van der Waals surface area contributed by atoms with Gasteiger partial charge >= 0.3 is 0 Å². The molecule has 0 fully saturated rings. The van der Waals surface area contributed by atoms with Gasteiger partial charge in [-0.05, 0) is 43.3 Å². The Hall–Kier alpha value is -1.70. The number of hydrogen-bond donors (Lipinski definition) is 1. The fourth-order valence-electron chi connectivity index (χ4n) is 2.30. The molecular formula is C19H18BrN3OS2. The maximum atomic E-state index is 12.2. The maximum Gasteiger partial charge on any atom is 0.221 e. The fourth-order valence-corrected chi connectivity index (χ4v) is 4.25. The number of carbonyl (C=O) groups is 1. The lowest BCUT2D eigenvalue weighted by atomic mass is 10.2. The van der Waals surface area contributed by atoms with Crippen LogP contribution in [0.3, 0.4) is 0 Å². The predicted molar refractivity (Wildman–Crippen MR) is 111 cm³/mol. The van der Waals surface area contributed by atoms with Crippen molar-refractivity contribution < 1.29 is 4.79 Å². The summed E-state index contributed by atoms with van der Waals surface area (Å²) in [6.45, 7) is 1.96. The van der Waals surface area contributed by atoms with Crippen LogP contribution in [-0.2, 0) is 4.79 Å². The van der Waals surface area contributed by atoms with Crippen LogP contribution < -0.4 is 5.32 Å². The van der Waals surface area contributed by atoms with Crippen LogP contribution in [0.15, 0.2) is 63.5 Å². The molecule has 2 aromatic heterocycles. The van der Waals surface area contributed by atoms with E-state index in [-0.39, 0.29) is 11.9 Å². The molecule has 1 unspecified atom stereocenters. The number of amides is 1. The third kappa shape index (κ3) is 5.40. The van der Waals surface area contributed by atoms with Crippen LogP contribution in [0, 0.1) is 0 Å². The number of carbonyl (C=O) groups excluding carboxylic acids is 1. The van der Waals surface area contributed by atoms with Gasteiger partial charge in [-0.3, -0.25) is 9.78 Å². The van der Waals surface area contributed by atoms with Gasteiger partial charge in [0.15, 0.2) is 0 Å². The minimum Gasteiger partial charge on any atom is -0.347 e. The van der Waals surface area contributed by atoms with Gasteiger partial charge in [0.1, 0.15) is 5.01 Å². The highest BCUT2D eigenvalue weighted by Gasteiger charge is 2.14. The molecule has 0 radical (unpaired) electrons. The lowest BCUT2D eigenvalue weighted by Crippen LogP contribution is -2.26. The van der Waals surface area contributed by atoms with Gasteiger partial charge in [-0.2, -0.15) is 0 Å². The van der Waals surface area contributed by atoms with E-state index in [1.165, 1.54) is 0 Å². The quantitative estimate of drug-likeness (QED) is 0.497. The highest BCUT2D eigenvalue weighted by atomic mass is 79.9. The average molecular weight is 448 g/mol. The number of thioether (sulfide) groups is 1. The summed E-state index contributed by atoms with van der Waals surface area (Å²) >= 11 is 6.65. The summed E-state index contributed by atoms with van der Waals surface area (Å²) in [6, 6.07) is 11.9. The molecule has 1 N–H and O–H groups in total. The number of rotatable bonds is 7. The molecule has 1 atom stereocenters. The zero-order valence-electron chi connectivity index (χ0n) is 14.2. The van der Waals surface area contributed by atoms with Gasteiger partial charge in [0.25, 0.3) is 0 Å². The normalized spacial score (nSPS) is 11.9. The van der Waals surface area contributed by atoms with Crippen LogP contribution in [0.1, 0.15) is 24.4 Å². The second kappa shape index (κ2) is 9.30. The van der Waals surface area contributed by atoms with Crippen molar-refractivity contribution in [3.8, 4) is 11.3 Å². The first-order chi connectivity index (χ1) is 12.6. The third-order valence-corrected chi connectivity index (χ3v) is 6.21. The Bertz CT molecular complexity index is 853. The first-order valence-corrected chi connectivity index (χ1v) is 10.8. The number of hydrogen-bond acceptors (Lipinski definition) is 5. The number of benzene rings is 1. The zero-order chi connectivity index (χ0) is 18.4. The van der Waals surface area contributed by atoms with Crippen molar-refractivity contribution in [3.05, 3.63) is 63.7 Å². The predicted octanol–water partition coefficient (Wildman–Crippen LogP) is 5.33. The molecular weight excluding hydrogens is 430 g/mol. The highest BCUT2D eigenvalue weighted by Crippen LogP contribution is 2.25. The minimum atomic E-state index is -0.101. The van der Waals surface area contributed by atoms with Crippen molar-refractivity contribution in [2.45, 2.75) is 24.3 Å². The van der Waals surface area contributed by atoms with Gasteiger partial charge in [-0.1, -0.05) is 15.9 Å². The molecule has 3 rings (SSSR count). The van der Waals surface area contributed by atoms with E-state index in [0.717, 1.165) is 31.4 Å². The topological polar surface area (TPSA) is 54.9 Å². The van der Waals surface area contributed by atoms with E-state index in [1.54, 1.807) is 35.5 Å². The van der Waals surface area contributed by atoms with Crippen molar-refractivity contribution in [1.82, 2.24) is 15.3 Å². The van der Waals surface area contributed by atoms with E-state index in [0.29, 0.717) is 6.42 Å². The Labute approximate surface area is 169 Å². The molecule has 7 heteroatoms. The molecule has 3 aromatic rings. The molecule has 134 valence electrons. The minimum absolute atomic E-state index is 0.0419. The van der Waals surface area contributed by atoms with Crippen LogP contribution in [0.25, 0.3) is 11.3 Å². The van der Waals surface area contributed by atoms with E-state index in [9.17, 15) is 4.79 Å². The summed E-state index contributed by atoms with van der Waals surface area (Å²) in [4.78, 5) is 22.1. The highest BCUT2D eigenvalue weighted by molar-refractivity contribution is 9.10. The molecule has 0 bridgehead atoms. The Morgan fingerprint density at radius 2 is 2.12 bits per heavy atom. The van der Waals surface area contributed by atoms with Crippen LogP contribution in [-0.4, -0.2) is 21.6 Å². The van der Waals surface area contributed by atoms with E-state index in [1.807, 2.05) is 48.7 Å². The third-order valence-electron chi connectivity index (χ3n) is 3.64. The van der Waals surface area contributed by atoms with Gasteiger partial charge < -0.3 is 5.32 Å². The number of nitrogens with one attached hydrogen (secondary N) is 1. The number of nitrogens with zero attached hydrogens (tertiary/aromatic N) is 2. The molecule has 0 saturated carbocycles. The smallest absolute Gasteiger partial charge is 0.221 e. The Morgan fingerprint density at radius 3 is 2.85 bits per heavy atom. The van der Waals surface area contributed by atoms with Crippen molar-refractivity contribution in [2.75, 3.05) is 5.75 Å². The van der Waals surface area contributed by atoms with Crippen LogP contribution >= 0.6 is 39.0 Å². The standard InChI is InChI=1S/C19H18BrN3OS2/c1-13(19-23-17(12-26-19)14-3-2-9-21-11-14)22-18(24)8-10-25-16-6-4-15(20)5-7-16/h2-7,9,11-13H,8,10H2,1H3,(H,22,24). The van der Waals surface area contributed by atoms with E-state index in [4.69, 9.17) is 0 Å². The number of halogens is 1. The second-order valence-electron chi connectivity index (χ2n) is 5.65. The number of aromatic nitrogens is 2. The van der Waals surface area contributed by atoms with Crippen LogP contribution in [0.5, 0.6) is 0 Å². The lowest BCUT2D eigenvalue weighted by molar-refractivity contribution is -0.121. The Kier molecular flexibility index (Phi) is 6.82. The Morgan fingerprint density at radius 1 is 1.31 bits per heavy atom. The summed E-state index contributed by atoms with van der Waals surface area (Å²) < 4.78 is 1.06. The molecule has 2 heterocycles. The fraction of sp³-hybridized carbons (Fsp3) is 0.211. The molecule has 26 heavy (non-hydrogen) atoms.